The Morgan fingerprint density at radius 1 is 1.19 bits per heavy atom. The third-order valence-corrected chi connectivity index (χ3v) is 8.68. The van der Waals surface area contributed by atoms with E-state index in [1.165, 1.54) is 19.3 Å². The van der Waals surface area contributed by atoms with Crippen molar-refractivity contribution in [2.45, 2.75) is 77.7 Å². The highest BCUT2D eigenvalue weighted by atomic mass is 16.6. The number of hydrogen-bond donors (Lipinski definition) is 1. The first kappa shape index (κ1) is 18.1. The van der Waals surface area contributed by atoms with Gasteiger partial charge in [0.05, 0.1) is 5.71 Å². The Morgan fingerprint density at radius 3 is 2.69 bits per heavy atom. The lowest BCUT2D eigenvalue weighted by Gasteiger charge is -2.58. The van der Waals surface area contributed by atoms with Gasteiger partial charge in [-0.1, -0.05) is 30.5 Å². The van der Waals surface area contributed by atoms with Gasteiger partial charge in [-0.25, -0.2) is 0 Å². The first-order valence-corrected chi connectivity index (χ1v) is 10.5. The Kier molecular flexibility index (Phi) is 4.27. The van der Waals surface area contributed by atoms with Crippen LogP contribution in [0.3, 0.4) is 0 Å². The van der Waals surface area contributed by atoms with Crippen molar-refractivity contribution in [2.75, 3.05) is 6.61 Å². The first-order valence-electron chi connectivity index (χ1n) is 10.5. The summed E-state index contributed by atoms with van der Waals surface area (Å²) in [6.07, 6.45) is 16.8. The first-order chi connectivity index (χ1) is 12.4. The Balaban J connectivity index is 1.63. The predicted octanol–water partition coefficient (Wildman–Crippen LogP) is 4.71. The molecule has 0 saturated heterocycles. The van der Waals surface area contributed by atoms with Crippen LogP contribution in [0.1, 0.15) is 72.1 Å². The van der Waals surface area contributed by atoms with Crippen LogP contribution in [0.25, 0.3) is 0 Å². The fourth-order valence-electron chi connectivity index (χ4n) is 7.04. The molecular formula is C23H33NO2. The summed E-state index contributed by atoms with van der Waals surface area (Å²) in [5, 5.41) is 15.4. The molecule has 3 nitrogen and oxygen atoms in total. The second-order valence-electron chi connectivity index (χ2n) is 9.50. The van der Waals surface area contributed by atoms with Gasteiger partial charge < -0.3 is 9.94 Å². The van der Waals surface area contributed by atoms with Gasteiger partial charge in [0, 0.05) is 5.41 Å². The second kappa shape index (κ2) is 6.13. The van der Waals surface area contributed by atoms with Gasteiger partial charge in [-0.2, -0.15) is 0 Å². The van der Waals surface area contributed by atoms with E-state index in [0.29, 0.717) is 24.4 Å². The smallest absolute Gasteiger partial charge is 0.130 e. The van der Waals surface area contributed by atoms with Crippen LogP contribution >= 0.6 is 0 Å². The number of hydrogen-bond acceptors (Lipinski definition) is 3. The molecule has 0 aromatic carbocycles. The van der Waals surface area contributed by atoms with E-state index in [1.807, 2.05) is 6.92 Å². The molecule has 0 aromatic rings. The molecule has 0 amide bonds. The molecule has 26 heavy (non-hydrogen) atoms. The summed E-state index contributed by atoms with van der Waals surface area (Å²) in [6.45, 7) is 7.36. The minimum Gasteiger partial charge on any atom is -0.396 e. The van der Waals surface area contributed by atoms with Crippen LogP contribution in [0, 0.1) is 40.9 Å². The molecule has 6 atom stereocenters. The fraction of sp³-hybridized carbons (Fsp3) is 0.783. The Labute approximate surface area is 158 Å². The van der Waals surface area contributed by atoms with Gasteiger partial charge in [0.25, 0.3) is 0 Å². The molecule has 0 bridgehead atoms. The molecular weight excluding hydrogens is 322 g/mol. The highest BCUT2D eigenvalue weighted by Crippen LogP contribution is 2.67. The average molecular weight is 356 g/mol. The summed E-state index contributed by atoms with van der Waals surface area (Å²) in [7, 11) is 0. The number of nitrogens with zero attached hydrogens (tertiary/aromatic N) is 1. The van der Waals surface area contributed by atoms with Crippen LogP contribution in [-0.4, -0.2) is 23.0 Å². The summed E-state index contributed by atoms with van der Waals surface area (Å²) in [4.78, 5) is 5.29. The fourth-order valence-corrected chi connectivity index (χ4v) is 7.04. The topological polar surface area (TPSA) is 41.8 Å². The molecule has 4 aliphatic rings. The van der Waals surface area contributed by atoms with Crippen molar-refractivity contribution >= 4 is 5.71 Å². The van der Waals surface area contributed by atoms with E-state index < -0.39 is 5.60 Å². The Morgan fingerprint density at radius 2 is 1.96 bits per heavy atom. The van der Waals surface area contributed by atoms with E-state index >= 15 is 0 Å². The van der Waals surface area contributed by atoms with Gasteiger partial charge in [-0.3, -0.25) is 0 Å². The van der Waals surface area contributed by atoms with Gasteiger partial charge in [0.15, 0.2) is 0 Å². The van der Waals surface area contributed by atoms with Crippen molar-refractivity contribution in [1.82, 2.24) is 0 Å². The quantitative estimate of drug-likeness (QED) is 0.576. The molecule has 3 heteroatoms. The van der Waals surface area contributed by atoms with Crippen LogP contribution in [0.2, 0.25) is 0 Å². The van der Waals surface area contributed by atoms with Gasteiger partial charge >= 0.3 is 0 Å². The summed E-state index contributed by atoms with van der Waals surface area (Å²) in [5.74, 6) is 4.76. The van der Waals surface area contributed by atoms with Crippen molar-refractivity contribution in [3.63, 3.8) is 0 Å². The van der Waals surface area contributed by atoms with E-state index in [1.54, 1.807) is 5.57 Å². The lowest BCUT2D eigenvalue weighted by molar-refractivity contribution is -0.0987. The average Bonchev–Trinajstić information content (AvgIpc) is 2.91. The number of aliphatic hydroxyl groups is 1. The maximum Gasteiger partial charge on any atom is 0.130 e. The number of terminal acetylenes is 1. The third-order valence-electron chi connectivity index (χ3n) is 8.68. The molecule has 3 saturated carbocycles. The normalized spacial score (nSPS) is 48.8. The third kappa shape index (κ3) is 2.34. The molecule has 4 rings (SSSR count). The van der Waals surface area contributed by atoms with E-state index in [0.717, 1.165) is 37.8 Å². The van der Waals surface area contributed by atoms with Crippen LogP contribution in [0.4, 0.5) is 0 Å². The highest BCUT2D eigenvalue weighted by Gasteiger charge is 2.63. The molecule has 3 fully saturated rings. The lowest BCUT2D eigenvalue weighted by Crippen LogP contribution is -2.54. The van der Waals surface area contributed by atoms with Crippen LogP contribution in [0.15, 0.2) is 16.8 Å². The summed E-state index contributed by atoms with van der Waals surface area (Å²) in [5.41, 5.74) is 1.98. The second-order valence-corrected chi connectivity index (χ2v) is 9.50. The van der Waals surface area contributed by atoms with Crippen molar-refractivity contribution < 1.29 is 9.94 Å². The van der Waals surface area contributed by atoms with Crippen molar-refractivity contribution in [3.8, 4) is 12.3 Å². The predicted molar refractivity (Wildman–Crippen MR) is 105 cm³/mol. The Bertz CT molecular complexity index is 689. The minimum atomic E-state index is -0.899. The zero-order valence-electron chi connectivity index (χ0n) is 16.6. The maximum absolute atomic E-state index is 11.1. The largest absolute Gasteiger partial charge is 0.396 e. The van der Waals surface area contributed by atoms with Crippen molar-refractivity contribution in [3.05, 3.63) is 11.6 Å². The van der Waals surface area contributed by atoms with Crippen molar-refractivity contribution in [2.24, 2.45) is 33.7 Å². The molecule has 142 valence electrons. The standard InChI is InChI=1S/C23H33NO2/c1-5-23(25)14-11-20-18-8-7-16-15-17(24-26-6-2)9-12-21(16,3)19(18)10-13-22(20,23)4/h1,15,18-20,25H,6-14H2,2-4H3/b24-17+. The van der Waals surface area contributed by atoms with Crippen molar-refractivity contribution in [1.29, 1.82) is 0 Å². The van der Waals surface area contributed by atoms with E-state index in [-0.39, 0.29) is 10.8 Å². The minimum absolute atomic E-state index is 0.100. The molecule has 0 aliphatic heterocycles. The number of rotatable bonds is 2. The molecule has 1 N–H and O–H groups in total. The van der Waals surface area contributed by atoms with Gasteiger partial charge in [0.1, 0.15) is 12.2 Å². The molecule has 0 aromatic heterocycles. The van der Waals surface area contributed by atoms with E-state index in [4.69, 9.17) is 11.3 Å². The molecule has 0 radical (unpaired) electrons. The lowest BCUT2D eigenvalue weighted by atomic mass is 9.46. The number of oxime groups is 1. The zero-order chi connectivity index (χ0) is 18.6. The van der Waals surface area contributed by atoms with Crippen LogP contribution in [-0.2, 0) is 4.84 Å². The maximum atomic E-state index is 11.1. The van der Waals surface area contributed by atoms with E-state index in [2.05, 4.69) is 31.0 Å². The highest BCUT2D eigenvalue weighted by molar-refractivity contribution is 5.96. The summed E-state index contributed by atoms with van der Waals surface area (Å²) in [6, 6.07) is 0. The van der Waals surface area contributed by atoms with E-state index in [9.17, 15) is 5.11 Å². The van der Waals surface area contributed by atoms with Gasteiger partial charge in [-0.05, 0) is 87.5 Å². The molecule has 4 aliphatic carbocycles. The molecule has 0 spiro atoms. The molecule has 6 unspecified atom stereocenters. The number of allylic oxidation sites excluding steroid dienone is 2. The van der Waals surface area contributed by atoms with Gasteiger partial charge in [-0.15, -0.1) is 6.42 Å². The Hall–Kier alpha value is -1.27. The zero-order valence-corrected chi connectivity index (χ0v) is 16.6. The van der Waals surface area contributed by atoms with Crippen LogP contribution < -0.4 is 0 Å². The monoisotopic (exact) mass is 355 g/mol. The van der Waals surface area contributed by atoms with Crippen LogP contribution in [0.5, 0.6) is 0 Å². The van der Waals surface area contributed by atoms with Gasteiger partial charge in [0.2, 0.25) is 0 Å². The summed E-state index contributed by atoms with van der Waals surface area (Å²) >= 11 is 0. The molecule has 0 heterocycles. The summed E-state index contributed by atoms with van der Waals surface area (Å²) < 4.78 is 0. The number of fused-ring (bicyclic) bond motifs is 5. The SMILES string of the molecule is C#CC1(O)CCC2C3CCC4=C/C(=N/OCC)CCC4(C)C3CCC21C.